The van der Waals surface area contributed by atoms with E-state index in [1.807, 2.05) is 6.20 Å². The van der Waals surface area contributed by atoms with E-state index < -0.39 is 0 Å². The Hall–Kier alpha value is -0.650. The molecule has 3 heterocycles. The number of hydrogen-bond donors (Lipinski definition) is 0. The topological polar surface area (TPSA) is 28.6 Å². The quantitative estimate of drug-likeness (QED) is 0.832. The van der Waals surface area contributed by atoms with Gasteiger partial charge in [0, 0.05) is 42.9 Å². The van der Waals surface area contributed by atoms with Gasteiger partial charge in [0.15, 0.2) is 0 Å². The Labute approximate surface area is 122 Å². The standard InChI is InChI=1S/C14H20BrN3O/c1-11-8-14(16-9-13(11)15)18-3-2-12(10-18)17-4-6-19-7-5-17/h8-9,12H,2-7,10H2,1H3. The van der Waals surface area contributed by atoms with Crippen LogP contribution in [0.1, 0.15) is 12.0 Å². The number of halogens is 1. The fourth-order valence-electron chi connectivity index (χ4n) is 2.89. The fourth-order valence-corrected chi connectivity index (χ4v) is 3.10. The fraction of sp³-hybridized carbons (Fsp3) is 0.643. The van der Waals surface area contributed by atoms with E-state index in [-0.39, 0.29) is 0 Å². The average molecular weight is 326 g/mol. The van der Waals surface area contributed by atoms with Crippen molar-refractivity contribution in [3.8, 4) is 0 Å². The van der Waals surface area contributed by atoms with Crippen molar-refractivity contribution < 1.29 is 4.74 Å². The normalized spacial score (nSPS) is 24.9. The van der Waals surface area contributed by atoms with E-state index >= 15 is 0 Å². The van der Waals surface area contributed by atoms with Crippen molar-refractivity contribution in [3.05, 3.63) is 22.3 Å². The minimum atomic E-state index is 0.662. The van der Waals surface area contributed by atoms with Crippen molar-refractivity contribution in [1.29, 1.82) is 0 Å². The molecule has 2 saturated heterocycles. The molecule has 2 fully saturated rings. The second-order valence-corrected chi connectivity index (χ2v) is 6.18. The van der Waals surface area contributed by atoms with Crippen LogP contribution in [0.3, 0.4) is 0 Å². The lowest BCUT2D eigenvalue weighted by atomic mass is 10.2. The van der Waals surface area contributed by atoms with E-state index in [2.05, 4.69) is 43.7 Å². The molecule has 19 heavy (non-hydrogen) atoms. The summed E-state index contributed by atoms with van der Waals surface area (Å²) >= 11 is 3.51. The number of ether oxygens (including phenoxy) is 1. The number of anilines is 1. The number of aryl methyl sites for hydroxylation is 1. The van der Waals surface area contributed by atoms with Gasteiger partial charge >= 0.3 is 0 Å². The summed E-state index contributed by atoms with van der Waals surface area (Å²) in [5.41, 5.74) is 1.25. The molecule has 0 aromatic carbocycles. The second kappa shape index (κ2) is 5.77. The molecule has 1 unspecified atom stereocenters. The van der Waals surface area contributed by atoms with E-state index in [4.69, 9.17) is 4.74 Å². The monoisotopic (exact) mass is 325 g/mol. The lowest BCUT2D eigenvalue weighted by molar-refractivity contribution is 0.0209. The maximum Gasteiger partial charge on any atom is 0.128 e. The van der Waals surface area contributed by atoms with Crippen LogP contribution in [0.4, 0.5) is 5.82 Å². The van der Waals surface area contributed by atoms with Gasteiger partial charge in [0.05, 0.1) is 13.2 Å². The number of aromatic nitrogens is 1. The Kier molecular flexibility index (Phi) is 4.05. The van der Waals surface area contributed by atoms with Crippen molar-refractivity contribution >= 4 is 21.7 Å². The smallest absolute Gasteiger partial charge is 0.128 e. The first-order valence-corrected chi connectivity index (χ1v) is 7.72. The summed E-state index contributed by atoms with van der Waals surface area (Å²) < 4.78 is 6.51. The van der Waals surface area contributed by atoms with Crippen LogP contribution in [0.5, 0.6) is 0 Å². The molecule has 4 nitrogen and oxygen atoms in total. The average Bonchev–Trinajstić information content (AvgIpc) is 2.93. The van der Waals surface area contributed by atoms with Crippen LogP contribution >= 0.6 is 15.9 Å². The minimum absolute atomic E-state index is 0.662. The Morgan fingerprint density at radius 1 is 1.32 bits per heavy atom. The van der Waals surface area contributed by atoms with Gasteiger partial charge in [0.1, 0.15) is 5.82 Å². The van der Waals surface area contributed by atoms with Crippen LogP contribution in [-0.4, -0.2) is 55.3 Å². The summed E-state index contributed by atoms with van der Waals surface area (Å²) in [6.45, 7) is 8.23. The zero-order valence-corrected chi connectivity index (χ0v) is 12.9. The molecule has 0 aliphatic carbocycles. The van der Waals surface area contributed by atoms with Crippen LogP contribution in [-0.2, 0) is 4.74 Å². The summed E-state index contributed by atoms with van der Waals surface area (Å²) in [6, 6.07) is 2.83. The Morgan fingerprint density at radius 3 is 2.84 bits per heavy atom. The lowest BCUT2D eigenvalue weighted by Crippen LogP contribution is -2.44. The van der Waals surface area contributed by atoms with Gasteiger partial charge in [0.2, 0.25) is 0 Å². The Morgan fingerprint density at radius 2 is 2.11 bits per heavy atom. The molecule has 3 rings (SSSR count). The maximum absolute atomic E-state index is 5.43. The highest BCUT2D eigenvalue weighted by atomic mass is 79.9. The van der Waals surface area contributed by atoms with E-state index in [1.165, 1.54) is 12.0 Å². The van der Waals surface area contributed by atoms with E-state index in [1.54, 1.807) is 0 Å². The van der Waals surface area contributed by atoms with Crippen LogP contribution in [0.15, 0.2) is 16.7 Å². The van der Waals surface area contributed by atoms with Gasteiger partial charge in [-0.05, 0) is 40.9 Å². The highest BCUT2D eigenvalue weighted by Crippen LogP contribution is 2.25. The first-order chi connectivity index (χ1) is 9.24. The summed E-state index contributed by atoms with van der Waals surface area (Å²) in [6.07, 6.45) is 3.14. The third kappa shape index (κ3) is 2.93. The van der Waals surface area contributed by atoms with Crippen LogP contribution < -0.4 is 4.90 Å². The molecule has 0 radical (unpaired) electrons. The minimum Gasteiger partial charge on any atom is -0.379 e. The molecule has 2 aliphatic heterocycles. The molecule has 1 aromatic rings. The molecule has 1 aromatic heterocycles. The third-order valence-electron chi connectivity index (χ3n) is 4.08. The predicted octanol–water partition coefficient (Wildman–Crippen LogP) is 2.06. The third-order valence-corrected chi connectivity index (χ3v) is 4.91. The number of morpholine rings is 1. The van der Waals surface area contributed by atoms with Crippen molar-refractivity contribution in [2.45, 2.75) is 19.4 Å². The van der Waals surface area contributed by atoms with Crippen molar-refractivity contribution in [1.82, 2.24) is 9.88 Å². The lowest BCUT2D eigenvalue weighted by Gasteiger charge is -2.32. The number of hydrogen-bond acceptors (Lipinski definition) is 4. The highest BCUT2D eigenvalue weighted by molar-refractivity contribution is 9.10. The first kappa shape index (κ1) is 13.3. The molecular formula is C14H20BrN3O. The van der Waals surface area contributed by atoms with Gasteiger partial charge in [-0.1, -0.05) is 0 Å². The summed E-state index contributed by atoms with van der Waals surface area (Å²) in [5.74, 6) is 1.11. The van der Waals surface area contributed by atoms with Gasteiger partial charge < -0.3 is 9.64 Å². The summed E-state index contributed by atoms with van der Waals surface area (Å²) in [4.78, 5) is 9.50. The summed E-state index contributed by atoms with van der Waals surface area (Å²) in [5, 5.41) is 0. The molecule has 2 aliphatic rings. The molecule has 0 spiro atoms. The molecule has 0 bridgehead atoms. The Balaban J connectivity index is 1.66. The molecule has 1 atom stereocenters. The van der Waals surface area contributed by atoms with Crippen LogP contribution in [0, 0.1) is 6.92 Å². The molecular weight excluding hydrogens is 306 g/mol. The second-order valence-electron chi connectivity index (χ2n) is 5.33. The summed E-state index contributed by atoms with van der Waals surface area (Å²) in [7, 11) is 0. The van der Waals surface area contributed by atoms with Gasteiger partial charge in [0.25, 0.3) is 0 Å². The van der Waals surface area contributed by atoms with Crippen molar-refractivity contribution in [2.24, 2.45) is 0 Å². The zero-order chi connectivity index (χ0) is 13.2. The largest absolute Gasteiger partial charge is 0.379 e. The first-order valence-electron chi connectivity index (χ1n) is 6.93. The SMILES string of the molecule is Cc1cc(N2CCC(N3CCOCC3)C2)ncc1Br. The van der Waals surface area contributed by atoms with E-state index in [9.17, 15) is 0 Å². The van der Waals surface area contributed by atoms with E-state index in [0.717, 1.165) is 49.7 Å². The molecule has 5 heteroatoms. The molecule has 0 saturated carbocycles. The predicted molar refractivity (Wildman–Crippen MR) is 79.7 cm³/mol. The maximum atomic E-state index is 5.43. The zero-order valence-electron chi connectivity index (χ0n) is 11.3. The van der Waals surface area contributed by atoms with Crippen molar-refractivity contribution in [3.63, 3.8) is 0 Å². The Bertz CT molecular complexity index is 448. The van der Waals surface area contributed by atoms with Gasteiger partial charge in [-0.25, -0.2) is 4.98 Å². The number of rotatable bonds is 2. The number of pyridine rings is 1. The van der Waals surface area contributed by atoms with Gasteiger partial charge in [-0.15, -0.1) is 0 Å². The van der Waals surface area contributed by atoms with Gasteiger partial charge in [-0.3, -0.25) is 4.90 Å². The highest BCUT2D eigenvalue weighted by Gasteiger charge is 2.29. The molecule has 0 N–H and O–H groups in total. The molecule has 0 amide bonds. The molecule has 104 valence electrons. The van der Waals surface area contributed by atoms with Crippen LogP contribution in [0.2, 0.25) is 0 Å². The van der Waals surface area contributed by atoms with E-state index in [0.29, 0.717) is 6.04 Å². The number of nitrogens with zero attached hydrogens (tertiary/aromatic N) is 3. The van der Waals surface area contributed by atoms with Crippen molar-refractivity contribution in [2.75, 3.05) is 44.3 Å². The van der Waals surface area contributed by atoms with Gasteiger partial charge in [-0.2, -0.15) is 0 Å². The van der Waals surface area contributed by atoms with Crippen LogP contribution in [0.25, 0.3) is 0 Å².